The number of aromatic nitrogens is 5. The molecule has 7 heteroatoms. The fraction of sp³-hybridized carbons (Fsp3) is 0.571. The summed E-state index contributed by atoms with van der Waals surface area (Å²) in [5.74, 6) is 2.19. The third-order valence-electron chi connectivity index (χ3n) is 3.13. The summed E-state index contributed by atoms with van der Waals surface area (Å²) in [6.45, 7) is 8.90. The van der Waals surface area contributed by atoms with Crippen molar-refractivity contribution in [3.8, 4) is 0 Å². The van der Waals surface area contributed by atoms with E-state index in [0.29, 0.717) is 5.92 Å². The molecule has 0 saturated carbocycles. The van der Waals surface area contributed by atoms with Crippen LogP contribution in [0.15, 0.2) is 18.7 Å². The molecule has 0 spiro atoms. The Morgan fingerprint density at radius 3 is 2.57 bits per heavy atom. The quantitative estimate of drug-likeness (QED) is 0.725. The first-order valence-electron chi connectivity index (χ1n) is 7.39. The summed E-state index contributed by atoms with van der Waals surface area (Å²) in [6.07, 6.45) is 6.12. The second-order valence-electron chi connectivity index (χ2n) is 5.12. The minimum absolute atomic E-state index is 0.359. The molecular formula is C14H23N7. The van der Waals surface area contributed by atoms with Gasteiger partial charge in [0, 0.05) is 31.4 Å². The molecular weight excluding hydrogens is 266 g/mol. The zero-order chi connectivity index (χ0) is 15.1. The first kappa shape index (κ1) is 15.2. The number of aryl methyl sites for hydroxylation is 1. The SMILES string of the molecule is CCNc1ncnc(NCCCn2ccnn2)c1C(C)C. The Labute approximate surface area is 125 Å². The number of hydrogen-bond acceptors (Lipinski definition) is 6. The Hall–Kier alpha value is -2.18. The topological polar surface area (TPSA) is 80.5 Å². The van der Waals surface area contributed by atoms with Crippen molar-refractivity contribution >= 4 is 11.6 Å². The number of nitrogens with zero attached hydrogens (tertiary/aromatic N) is 5. The normalized spacial score (nSPS) is 10.9. The molecule has 0 saturated heterocycles. The molecule has 0 unspecified atom stereocenters. The average molecular weight is 289 g/mol. The van der Waals surface area contributed by atoms with Gasteiger partial charge in [0.05, 0.1) is 6.20 Å². The average Bonchev–Trinajstić information content (AvgIpc) is 2.97. The van der Waals surface area contributed by atoms with E-state index in [1.807, 2.05) is 10.9 Å². The van der Waals surface area contributed by atoms with E-state index in [-0.39, 0.29) is 0 Å². The Bertz CT molecular complexity index is 536. The highest BCUT2D eigenvalue weighted by molar-refractivity contribution is 5.58. The first-order valence-corrected chi connectivity index (χ1v) is 7.39. The van der Waals surface area contributed by atoms with Crippen molar-refractivity contribution in [1.29, 1.82) is 0 Å². The lowest BCUT2D eigenvalue weighted by Crippen LogP contribution is -2.13. The van der Waals surface area contributed by atoms with Crippen LogP contribution in [-0.4, -0.2) is 38.1 Å². The molecule has 2 aromatic rings. The van der Waals surface area contributed by atoms with Gasteiger partial charge >= 0.3 is 0 Å². The van der Waals surface area contributed by atoms with E-state index in [1.54, 1.807) is 12.5 Å². The van der Waals surface area contributed by atoms with Gasteiger partial charge in [0.15, 0.2) is 0 Å². The van der Waals surface area contributed by atoms with Crippen molar-refractivity contribution < 1.29 is 0 Å². The smallest absolute Gasteiger partial charge is 0.134 e. The maximum Gasteiger partial charge on any atom is 0.134 e. The van der Waals surface area contributed by atoms with Gasteiger partial charge in [-0.3, -0.25) is 4.68 Å². The first-order chi connectivity index (χ1) is 10.2. The Morgan fingerprint density at radius 1 is 1.19 bits per heavy atom. The van der Waals surface area contributed by atoms with Crippen molar-refractivity contribution in [3.05, 3.63) is 24.3 Å². The predicted octanol–water partition coefficient (Wildman–Crippen LogP) is 2.13. The summed E-state index contributed by atoms with van der Waals surface area (Å²) >= 11 is 0. The second kappa shape index (κ2) is 7.56. The molecule has 2 heterocycles. The maximum atomic E-state index is 4.38. The predicted molar refractivity (Wildman–Crippen MR) is 83.4 cm³/mol. The molecule has 0 aromatic carbocycles. The van der Waals surface area contributed by atoms with Crippen LogP contribution in [-0.2, 0) is 6.54 Å². The van der Waals surface area contributed by atoms with Gasteiger partial charge in [-0.15, -0.1) is 5.10 Å². The molecule has 0 radical (unpaired) electrons. The summed E-state index contributed by atoms with van der Waals surface area (Å²) in [7, 11) is 0. The molecule has 0 amide bonds. The van der Waals surface area contributed by atoms with Crippen molar-refractivity contribution in [2.75, 3.05) is 23.7 Å². The van der Waals surface area contributed by atoms with E-state index in [0.717, 1.165) is 43.3 Å². The van der Waals surface area contributed by atoms with E-state index in [1.165, 1.54) is 0 Å². The molecule has 0 aliphatic heterocycles. The van der Waals surface area contributed by atoms with Gasteiger partial charge in [0.1, 0.15) is 18.0 Å². The Kier molecular flexibility index (Phi) is 5.48. The van der Waals surface area contributed by atoms with Gasteiger partial charge in [-0.05, 0) is 19.3 Å². The van der Waals surface area contributed by atoms with Crippen molar-refractivity contribution in [3.63, 3.8) is 0 Å². The fourth-order valence-electron chi connectivity index (χ4n) is 2.19. The fourth-order valence-corrected chi connectivity index (χ4v) is 2.19. The molecule has 2 aromatic heterocycles. The van der Waals surface area contributed by atoms with Gasteiger partial charge in [-0.25, -0.2) is 9.97 Å². The lowest BCUT2D eigenvalue weighted by Gasteiger charge is -2.17. The molecule has 0 fully saturated rings. The maximum absolute atomic E-state index is 4.38. The summed E-state index contributed by atoms with van der Waals surface area (Å²) < 4.78 is 1.83. The zero-order valence-corrected chi connectivity index (χ0v) is 12.9. The Balaban J connectivity index is 1.96. The lowest BCUT2D eigenvalue weighted by atomic mass is 10.0. The molecule has 0 atom stereocenters. The number of nitrogens with one attached hydrogen (secondary N) is 2. The van der Waals surface area contributed by atoms with E-state index >= 15 is 0 Å². The van der Waals surface area contributed by atoms with Gasteiger partial charge in [-0.2, -0.15) is 0 Å². The highest BCUT2D eigenvalue weighted by Gasteiger charge is 2.14. The van der Waals surface area contributed by atoms with E-state index in [4.69, 9.17) is 0 Å². The highest BCUT2D eigenvalue weighted by Crippen LogP contribution is 2.28. The van der Waals surface area contributed by atoms with Crippen LogP contribution in [0.4, 0.5) is 11.6 Å². The summed E-state index contributed by atoms with van der Waals surface area (Å²) in [5, 5.41) is 14.4. The van der Waals surface area contributed by atoms with E-state index in [9.17, 15) is 0 Å². The summed E-state index contributed by atoms with van der Waals surface area (Å²) in [4.78, 5) is 8.72. The van der Waals surface area contributed by atoms with Gasteiger partial charge < -0.3 is 10.6 Å². The second-order valence-corrected chi connectivity index (χ2v) is 5.12. The molecule has 0 aliphatic rings. The van der Waals surface area contributed by atoms with Gasteiger partial charge in [-0.1, -0.05) is 19.1 Å². The third-order valence-corrected chi connectivity index (χ3v) is 3.13. The number of hydrogen-bond donors (Lipinski definition) is 2. The van der Waals surface area contributed by atoms with Crippen LogP contribution in [0, 0.1) is 0 Å². The summed E-state index contributed by atoms with van der Waals surface area (Å²) in [5.41, 5.74) is 1.14. The van der Waals surface area contributed by atoms with Crippen LogP contribution in [0.5, 0.6) is 0 Å². The third kappa shape index (κ3) is 4.14. The van der Waals surface area contributed by atoms with Gasteiger partial charge in [0.2, 0.25) is 0 Å². The molecule has 2 rings (SSSR count). The molecule has 7 nitrogen and oxygen atoms in total. The zero-order valence-electron chi connectivity index (χ0n) is 12.9. The number of anilines is 2. The van der Waals surface area contributed by atoms with Crippen LogP contribution < -0.4 is 10.6 Å². The van der Waals surface area contributed by atoms with E-state index < -0.39 is 0 Å². The van der Waals surface area contributed by atoms with Crippen LogP contribution in [0.25, 0.3) is 0 Å². The molecule has 0 bridgehead atoms. The molecule has 114 valence electrons. The van der Waals surface area contributed by atoms with E-state index in [2.05, 4.69) is 51.7 Å². The largest absolute Gasteiger partial charge is 0.370 e. The van der Waals surface area contributed by atoms with Gasteiger partial charge in [0.25, 0.3) is 0 Å². The molecule has 0 aliphatic carbocycles. The van der Waals surface area contributed by atoms with Crippen molar-refractivity contribution in [2.45, 2.75) is 39.7 Å². The minimum Gasteiger partial charge on any atom is -0.370 e. The number of rotatable bonds is 8. The monoisotopic (exact) mass is 289 g/mol. The van der Waals surface area contributed by atoms with Crippen molar-refractivity contribution in [1.82, 2.24) is 25.0 Å². The van der Waals surface area contributed by atoms with Crippen LogP contribution in [0.3, 0.4) is 0 Å². The summed E-state index contributed by atoms with van der Waals surface area (Å²) in [6, 6.07) is 0. The minimum atomic E-state index is 0.359. The Morgan fingerprint density at radius 2 is 1.95 bits per heavy atom. The highest BCUT2D eigenvalue weighted by atomic mass is 15.4. The lowest BCUT2D eigenvalue weighted by molar-refractivity contribution is 0.569. The molecule has 2 N–H and O–H groups in total. The van der Waals surface area contributed by atoms with Crippen molar-refractivity contribution in [2.24, 2.45) is 0 Å². The van der Waals surface area contributed by atoms with Crippen LogP contribution in [0.1, 0.15) is 38.7 Å². The van der Waals surface area contributed by atoms with Crippen LogP contribution in [0.2, 0.25) is 0 Å². The molecule has 21 heavy (non-hydrogen) atoms. The standard InChI is InChI=1S/C14H23N7/c1-4-15-13-12(11(2)3)14(18-10-17-13)16-6-5-8-21-9-7-19-20-21/h7,9-11H,4-6,8H2,1-3H3,(H2,15,16,17,18). The van der Waals surface area contributed by atoms with Crippen LogP contribution >= 0.6 is 0 Å².